The Balaban J connectivity index is 2.15. The van der Waals surface area contributed by atoms with Crippen LogP contribution < -0.4 is 5.32 Å². The number of nitro groups is 1. The first kappa shape index (κ1) is 15.4. The molecule has 21 heavy (non-hydrogen) atoms. The summed E-state index contributed by atoms with van der Waals surface area (Å²) in [7, 11) is 0. The number of nitro benzene ring substituents is 1. The third kappa shape index (κ3) is 3.55. The first-order valence-electron chi connectivity index (χ1n) is 6.85. The first-order chi connectivity index (χ1) is 10.0. The minimum Gasteiger partial charge on any atom is -0.379 e. The minimum absolute atomic E-state index is 0.0610. The SMILES string of the molecule is CCCn1cccc1CNc1cc(Cl)c([N+](=O)[O-])cc1C. The molecule has 0 unspecified atom stereocenters. The molecule has 0 atom stereocenters. The van der Waals surface area contributed by atoms with Gasteiger partial charge in [0.15, 0.2) is 0 Å². The van der Waals surface area contributed by atoms with Crippen molar-refractivity contribution in [2.45, 2.75) is 33.4 Å². The molecule has 0 fully saturated rings. The van der Waals surface area contributed by atoms with Crippen LogP contribution in [-0.2, 0) is 13.1 Å². The van der Waals surface area contributed by atoms with E-state index in [0.717, 1.165) is 24.2 Å². The summed E-state index contributed by atoms with van der Waals surface area (Å²) in [5.41, 5.74) is 2.73. The van der Waals surface area contributed by atoms with Gasteiger partial charge < -0.3 is 9.88 Å². The number of anilines is 1. The number of nitrogens with one attached hydrogen (secondary N) is 1. The monoisotopic (exact) mass is 307 g/mol. The lowest BCUT2D eigenvalue weighted by Gasteiger charge is -2.12. The van der Waals surface area contributed by atoms with Crippen molar-refractivity contribution in [2.24, 2.45) is 0 Å². The van der Waals surface area contributed by atoms with Crippen LogP contribution in [0.5, 0.6) is 0 Å². The summed E-state index contributed by atoms with van der Waals surface area (Å²) in [5.74, 6) is 0. The molecule has 0 bridgehead atoms. The lowest BCUT2D eigenvalue weighted by molar-refractivity contribution is -0.384. The predicted octanol–water partition coefficient (Wildman–Crippen LogP) is 4.38. The van der Waals surface area contributed by atoms with E-state index in [1.165, 1.54) is 11.8 Å². The maximum Gasteiger partial charge on any atom is 0.288 e. The summed E-state index contributed by atoms with van der Waals surface area (Å²) < 4.78 is 2.19. The predicted molar refractivity (Wildman–Crippen MR) is 84.9 cm³/mol. The molecule has 0 aliphatic carbocycles. The topological polar surface area (TPSA) is 60.1 Å². The Kier molecular flexibility index (Phi) is 4.85. The number of aromatic nitrogens is 1. The molecule has 2 rings (SSSR count). The average molecular weight is 308 g/mol. The number of nitrogens with zero attached hydrogens (tertiary/aromatic N) is 2. The smallest absolute Gasteiger partial charge is 0.288 e. The zero-order valence-corrected chi connectivity index (χ0v) is 12.9. The number of benzene rings is 1. The number of rotatable bonds is 6. The van der Waals surface area contributed by atoms with Crippen LogP contribution in [0.15, 0.2) is 30.5 Å². The molecule has 2 aromatic rings. The molecule has 1 aromatic carbocycles. The fraction of sp³-hybridized carbons (Fsp3) is 0.333. The third-order valence-corrected chi connectivity index (χ3v) is 3.64. The Hall–Kier alpha value is -2.01. The van der Waals surface area contributed by atoms with Gasteiger partial charge in [0.05, 0.1) is 11.5 Å². The zero-order valence-electron chi connectivity index (χ0n) is 12.1. The van der Waals surface area contributed by atoms with Gasteiger partial charge in [-0.3, -0.25) is 10.1 Å². The molecule has 0 aliphatic heterocycles. The highest BCUT2D eigenvalue weighted by Gasteiger charge is 2.15. The minimum atomic E-state index is -0.467. The van der Waals surface area contributed by atoms with Crippen LogP contribution in [-0.4, -0.2) is 9.49 Å². The number of aryl methyl sites for hydroxylation is 2. The molecule has 6 heteroatoms. The summed E-state index contributed by atoms with van der Waals surface area (Å²) in [6.45, 7) is 5.60. The van der Waals surface area contributed by atoms with Crippen molar-refractivity contribution in [3.05, 3.63) is 56.9 Å². The van der Waals surface area contributed by atoms with E-state index in [1.807, 2.05) is 13.0 Å². The third-order valence-electron chi connectivity index (χ3n) is 3.34. The summed E-state index contributed by atoms with van der Waals surface area (Å²) >= 11 is 5.95. The Morgan fingerprint density at radius 2 is 2.19 bits per heavy atom. The Bertz CT molecular complexity index is 652. The summed E-state index contributed by atoms with van der Waals surface area (Å²) in [6, 6.07) is 7.19. The van der Waals surface area contributed by atoms with E-state index in [2.05, 4.69) is 29.1 Å². The molecule has 112 valence electrons. The molecular weight excluding hydrogens is 290 g/mol. The van der Waals surface area contributed by atoms with Crippen LogP contribution in [0.1, 0.15) is 24.6 Å². The standard InChI is InChI=1S/C15H18ClN3O2/c1-3-6-18-7-4-5-12(18)10-17-14-9-13(16)15(19(20)21)8-11(14)2/h4-5,7-9,17H,3,6,10H2,1-2H3. The lowest BCUT2D eigenvalue weighted by atomic mass is 10.1. The molecule has 0 aliphatic rings. The van der Waals surface area contributed by atoms with E-state index in [9.17, 15) is 10.1 Å². The van der Waals surface area contributed by atoms with Crippen LogP contribution in [0, 0.1) is 17.0 Å². The van der Waals surface area contributed by atoms with E-state index in [4.69, 9.17) is 11.6 Å². The molecule has 1 N–H and O–H groups in total. The molecule has 0 spiro atoms. The van der Waals surface area contributed by atoms with Crippen LogP contribution >= 0.6 is 11.6 Å². The summed E-state index contributed by atoms with van der Waals surface area (Å²) in [4.78, 5) is 10.4. The molecular formula is C15H18ClN3O2. The van der Waals surface area contributed by atoms with Crippen molar-refractivity contribution in [3.63, 3.8) is 0 Å². The van der Waals surface area contributed by atoms with Crippen molar-refractivity contribution in [2.75, 3.05) is 5.32 Å². The second kappa shape index (κ2) is 6.63. The summed E-state index contributed by atoms with van der Waals surface area (Å²) in [5, 5.41) is 14.3. The van der Waals surface area contributed by atoms with Crippen LogP contribution in [0.25, 0.3) is 0 Å². The van der Waals surface area contributed by atoms with Gasteiger partial charge >= 0.3 is 0 Å². The second-order valence-electron chi connectivity index (χ2n) is 4.92. The summed E-state index contributed by atoms with van der Waals surface area (Å²) in [6.07, 6.45) is 3.13. The van der Waals surface area contributed by atoms with Crippen molar-refractivity contribution in [1.29, 1.82) is 0 Å². The van der Waals surface area contributed by atoms with Gasteiger partial charge in [0, 0.05) is 30.2 Å². The normalized spacial score (nSPS) is 10.6. The van der Waals surface area contributed by atoms with Gasteiger partial charge in [0.2, 0.25) is 0 Å². The molecule has 1 heterocycles. The fourth-order valence-electron chi connectivity index (χ4n) is 2.25. The lowest BCUT2D eigenvalue weighted by Crippen LogP contribution is -2.08. The van der Waals surface area contributed by atoms with E-state index in [1.54, 1.807) is 6.07 Å². The van der Waals surface area contributed by atoms with E-state index in [-0.39, 0.29) is 10.7 Å². The molecule has 5 nitrogen and oxygen atoms in total. The quantitative estimate of drug-likeness (QED) is 0.636. The molecule has 1 aromatic heterocycles. The Morgan fingerprint density at radius 1 is 1.43 bits per heavy atom. The Labute approximate surface area is 128 Å². The van der Waals surface area contributed by atoms with Gasteiger partial charge in [-0.2, -0.15) is 0 Å². The van der Waals surface area contributed by atoms with Crippen LogP contribution in [0.3, 0.4) is 0 Å². The van der Waals surface area contributed by atoms with Crippen molar-refractivity contribution in [3.8, 4) is 0 Å². The van der Waals surface area contributed by atoms with Crippen LogP contribution in [0.2, 0.25) is 5.02 Å². The highest BCUT2D eigenvalue weighted by Crippen LogP contribution is 2.30. The van der Waals surface area contributed by atoms with E-state index < -0.39 is 4.92 Å². The van der Waals surface area contributed by atoms with Gasteiger partial charge in [-0.25, -0.2) is 0 Å². The van der Waals surface area contributed by atoms with Gasteiger partial charge in [0.1, 0.15) is 5.02 Å². The highest BCUT2D eigenvalue weighted by molar-refractivity contribution is 6.33. The van der Waals surface area contributed by atoms with E-state index >= 15 is 0 Å². The van der Waals surface area contributed by atoms with Gasteiger partial charge in [-0.1, -0.05) is 18.5 Å². The van der Waals surface area contributed by atoms with Crippen molar-refractivity contribution in [1.82, 2.24) is 4.57 Å². The zero-order chi connectivity index (χ0) is 15.4. The maximum atomic E-state index is 10.8. The fourth-order valence-corrected chi connectivity index (χ4v) is 2.48. The first-order valence-corrected chi connectivity index (χ1v) is 7.23. The second-order valence-corrected chi connectivity index (χ2v) is 5.33. The van der Waals surface area contributed by atoms with E-state index in [0.29, 0.717) is 6.54 Å². The number of hydrogen-bond donors (Lipinski definition) is 1. The number of halogens is 1. The van der Waals surface area contributed by atoms with Gasteiger partial charge in [-0.15, -0.1) is 0 Å². The van der Waals surface area contributed by atoms with Gasteiger partial charge in [0.25, 0.3) is 5.69 Å². The molecule has 0 saturated carbocycles. The largest absolute Gasteiger partial charge is 0.379 e. The van der Waals surface area contributed by atoms with Crippen LogP contribution in [0.4, 0.5) is 11.4 Å². The number of hydrogen-bond acceptors (Lipinski definition) is 3. The van der Waals surface area contributed by atoms with Crippen molar-refractivity contribution < 1.29 is 4.92 Å². The Morgan fingerprint density at radius 3 is 2.86 bits per heavy atom. The molecule has 0 radical (unpaired) electrons. The maximum absolute atomic E-state index is 10.8. The van der Waals surface area contributed by atoms with Gasteiger partial charge in [-0.05, 0) is 37.1 Å². The molecule has 0 amide bonds. The average Bonchev–Trinajstić information content (AvgIpc) is 2.87. The van der Waals surface area contributed by atoms with Crippen molar-refractivity contribution >= 4 is 23.0 Å². The molecule has 0 saturated heterocycles. The highest BCUT2D eigenvalue weighted by atomic mass is 35.5.